The summed E-state index contributed by atoms with van der Waals surface area (Å²) in [6.45, 7) is 7.04. The molecule has 2 rings (SSSR count). The minimum absolute atomic E-state index is 0.653. The van der Waals surface area contributed by atoms with Crippen LogP contribution in [0.4, 0.5) is 0 Å². The Morgan fingerprint density at radius 3 is 2.40 bits per heavy atom. The molecule has 0 aliphatic heterocycles. The van der Waals surface area contributed by atoms with E-state index >= 15 is 0 Å². The Kier molecular flexibility index (Phi) is 5.88. The first-order chi connectivity index (χ1) is 9.74. The van der Waals surface area contributed by atoms with Gasteiger partial charge >= 0.3 is 0 Å². The summed E-state index contributed by atoms with van der Waals surface area (Å²) in [4.78, 5) is 0. The van der Waals surface area contributed by atoms with Crippen LogP contribution in [0.1, 0.15) is 70.8 Å². The largest absolute Gasteiger partial charge is 0.0844 e. The van der Waals surface area contributed by atoms with Crippen molar-refractivity contribution in [2.45, 2.75) is 65.2 Å². The minimum Gasteiger partial charge on any atom is -0.0844 e. The van der Waals surface area contributed by atoms with E-state index in [4.69, 9.17) is 0 Å². The zero-order valence-electron chi connectivity index (χ0n) is 13.4. The second-order valence-corrected chi connectivity index (χ2v) is 6.54. The van der Waals surface area contributed by atoms with Gasteiger partial charge in [0.05, 0.1) is 0 Å². The molecule has 0 amide bonds. The van der Waals surface area contributed by atoms with Gasteiger partial charge in [0.1, 0.15) is 0 Å². The van der Waals surface area contributed by atoms with Crippen LogP contribution in [0.15, 0.2) is 42.0 Å². The van der Waals surface area contributed by atoms with E-state index in [0.717, 1.165) is 11.8 Å². The monoisotopic (exact) mass is 270 g/mol. The van der Waals surface area contributed by atoms with E-state index in [-0.39, 0.29) is 0 Å². The van der Waals surface area contributed by atoms with Crippen LogP contribution < -0.4 is 0 Å². The Labute approximate surface area is 125 Å². The summed E-state index contributed by atoms with van der Waals surface area (Å²) < 4.78 is 0. The lowest BCUT2D eigenvalue weighted by molar-refractivity contribution is 0.351. The number of hydrogen-bond donors (Lipinski definition) is 0. The Morgan fingerprint density at radius 2 is 1.85 bits per heavy atom. The average Bonchev–Trinajstić information content (AvgIpc) is 2.50. The van der Waals surface area contributed by atoms with Gasteiger partial charge in [0, 0.05) is 5.92 Å². The summed E-state index contributed by atoms with van der Waals surface area (Å²) in [7, 11) is 0. The molecule has 1 aromatic rings. The third kappa shape index (κ3) is 3.98. The molecule has 3 unspecified atom stereocenters. The molecule has 1 aromatic carbocycles. The van der Waals surface area contributed by atoms with E-state index in [1.165, 1.54) is 44.1 Å². The van der Waals surface area contributed by atoms with E-state index in [0.29, 0.717) is 5.92 Å². The molecule has 0 N–H and O–H groups in total. The van der Waals surface area contributed by atoms with Crippen molar-refractivity contribution in [2.24, 2.45) is 11.8 Å². The molecule has 0 saturated heterocycles. The third-order valence-electron chi connectivity index (χ3n) is 5.05. The van der Waals surface area contributed by atoms with Crippen LogP contribution in [-0.4, -0.2) is 0 Å². The zero-order valence-corrected chi connectivity index (χ0v) is 13.4. The highest BCUT2D eigenvalue weighted by molar-refractivity contribution is 5.29. The lowest BCUT2D eigenvalue weighted by Gasteiger charge is -2.28. The topological polar surface area (TPSA) is 0 Å². The molecule has 3 atom stereocenters. The fourth-order valence-electron chi connectivity index (χ4n) is 3.57. The second kappa shape index (κ2) is 7.67. The van der Waals surface area contributed by atoms with Gasteiger partial charge in [-0.05, 0) is 49.5 Å². The van der Waals surface area contributed by atoms with Crippen molar-refractivity contribution < 1.29 is 0 Å². The molecular weight excluding hydrogens is 240 g/mol. The average molecular weight is 270 g/mol. The second-order valence-electron chi connectivity index (χ2n) is 6.54. The quantitative estimate of drug-likeness (QED) is 0.529. The molecular formula is C20H30. The van der Waals surface area contributed by atoms with Crippen LogP contribution in [0.5, 0.6) is 0 Å². The molecule has 1 aliphatic carbocycles. The maximum Gasteiger partial charge on any atom is 0.00455 e. The van der Waals surface area contributed by atoms with Gasteiger partial charge in [-0.1, -0.05) is 69.2 Å². The molecule has 0 heterocycles. The normalized spacial score (nSPS) is 22.1. The van der Waals surface area contributed by atoms with E-state index in [1.54, 1.807) is 5.57 Å². The molecule has 0 spiro atoms. The fourth-order valence-corrected chi connectivity index (χ4v) is 3.57. The van der Waals surface area contributed by atoms with Gasteiger partial charge < -0.3 is 0 Å². The van der Waals surface area contributed by atoms with Gasteiger partial charge in [0.25, 0.3) is 0 Å². The summed E-state index contributed by atoms with van der Waals surface area (Å²) in [5, 5.41) is 0. The Balaban J connectivity index is 1.99. The van der Waals surface area contributed by atoms with Crippen molar-refractivity contribution in [1.82, 2.24) is 0 Å². The van der Waals surface area contributed by atoms with Crippen molar-refractivity contribution in [1.29, 1.82) is 0 Å². The fraction of sp³-hybridized carbons (Fsp3) is 0.600. The molecule has 110 valence electrons. The van der Waals surface area contributed by atoms with Gasteiger partial charge in [0.2, 0.25) is 0 Å². The SMILES string of the molecule is CCC(C)CC1CC=C(C(CC)c2ccccc2)CC1. The summed E-state index contributed by atoms with van der Waals surface area (Å²) >= 11 is 0. The lowest BCUT2D eigenvalue weighted by atomic mass is 9.77. The first-order valence-electron chi connectivity index (χ1n) is 8.48. The van der Waals surface area contributed by atoms with Crippen LogP contribution in [0.3, 0.4) is 0 Å². The standard InChI is InChI=1S/C20H30/c1-4-16(3)15-17-11-13-19(14-12-17)20(5-2)18-9-7-6-8-10-18/h6-10,13,16-17,20H,4-5,11-12,14-15H2,1-3H3. The van der Waals surface area contributed by atoms with Gasteiger partial charge in [0.15, 0.2) is 0 Å². The smallest absolute Gasteiger partial charge is 0.00455 e. The molecule has 0 saturated carbocycles. The predicted octanol–water partition coefficient (Wildman–Crippen LogP) is 6.34. The van der Waals surface area contributed by atoms with Gasteiger partial charge in [-0.15, -0.1) is 0 Å². The minimum atomic E-state index is 0.653. The highest BCUT2D eigenvalue weighted by atomic mass is 14.3. The summed E-state index contributed by atoms with van der Waals surface area (Å²) in [5.41, 5.74) is 3.20. The summed E-state index contributed by atoms with van der Waals surface area (Å²) in [6.07, 6.45) is 10.6. The molecule has 0 aromatic heterocycles. The van der Waals surface area contributed by atoms with Crippen molar-refractivity contribution in [2.75, 3.05) is 0 Å². The summed E-state index contributed by atoms with van der Waals surface area (Å²) in [5.74, 6) is 2.48. The summed E-state index contributed by atoms with van der Waals surface area (Å²) in [6, 6.07) is 11.0. The van der Waals surface area contributed by atoms with Crippen molar-refractivity contribution in [3.63, 3.8) is 0 Å². The Morgan fingerprint density at radius 1 is 1.10 bits per heavy atom. The van der Waals surface area contributed by atoms with Crippen LogP contribution in [0, 0.1) is 11.8 Å². The van der Waals surface area contributed by atoms with Crippen LogP contribution >= 0.6 is 0 Å². The molecule has 0 fully saturated rings. The van der Waals surface area contributed by atoms with Gasteiger partial charge in [-0.3, -0.25) is 0 Å². The highest BCUT2D eigenvalue weighted by Crippen LogP contribution is 2.37. The first-order valence-corrected chi connectivity index (χ1v) is 8.48. The van der Waals surface area contributed by atoms with Crippen molar-refractivity contribution in [3.05, 3.63) is 47.5 Å². The first kappa shape index (κ1) is 15.4. The molecule has 0 radical (unpaired) electrons. The Hall–Kier alpha value is -1.04. The van der Waals surface area contributed by atoms with Gasteiger partial charge in [-0.25, -0.2) is 0 Å². The number of benzene rings is 1. The molecule has 0 heteroatoms. The third-order valence-corrected chi connectivity index (χ3v) is 5.05. The lowest BCUT2D eigenvalue weighted by Crippen LogP contribution is -2.13. The van der Waals surface area contributed by atoms with Crippen molar-refractivity contribution in [3.8, 4) is 0 Å². The van der Waals surface area contributed by atoms with Crippen LogP contribution in [-0.2, 0) is 0 Å². The molecule has 20 heavy (non-hydrogen) atoms. The van der Waals surface area contributed by atoms with Crippen LogP contribution in [0.25, 0.3) is 0 Å². The van der Waals surface area contributed by atoms with E-state index in [9.17, 15) is 0 Å². The molecule has 1 aliphatic rings. The van der Waals surface area contributed by atoms with Crippen LogP contribution in [0.2, 0.25) is 0 Å². The predicted molar refractivity (Wildman–Crippen MR) is 89.0 cm³/mol. The van der Waals surface area contributed by atoms with Crippen molar-refractivity contribution >= 4 is 0 Å². The van der Waals surface area contributed by atoms with E-state index in [2.05, 4.69) is 57.2 Å². The molecule has 0 nitrogen and oxygen atoms in total. The maximum absolute atomic E-state index is 2.57. The van der Waals surface area contributed by atoms with E-state index in [1.807, 2.05) is 0 Å². The number of hydrogen-bond acceptors (Lipinski definition) is 0. The van der Waals surface area contributed by atoms with E-state index < -0.39 is 0 Å². The number of allylic oxidation sites excluding steroid dienone is 2. The Bertz CT molecular complexity index is 415. The maximum atomic E-state index is 2.57. The number of rotatable bonds is 6. The zero-order chi connectivity index (χ0) is 14.4. The highest BCUT2D eigenvalue weighted by Gasteiger charge is 2.21. The molecule has 0 bridgehead atoms. The van der Waals surface area contributed by atoms with Gasteiger partial charge in [-0.2, -0.15) is 0 Å².